The minimum absolute atomic E-state index is 0.219. The Morgan fingerprint density at radius 2 is 2.09 bits per heavy atom. The van der Waals surface area contributed by atoms with Crippen molar-refractivity contribution in [2.45, 2.75) is 32.7 Å². The molecule has 0 aromatic heterocycles. The minimum Gasteiger partial charge on any atom is -0.301 e. The highest BCUT2D eigenvalue weighted by molar-refractivity contribution is 5.79. The van der Waals surface area contributed by atoms with Crippen LogP contribution in [0.2, 0.25) is 0 Å². The number of carbonyl (C=O) groups is 1. The first-order valence-corrected chi connectivity index (χ1v) is 4.15. The van der Waals surface area contributed by atoms with Crippen molar-refractivity contribution in [3.63, 3.8) is 0 Å². The van der Waals surface area contributed by atoms with E-state index in [0.717, 1.165) is 13.0 Å². The highest BCUT2D eigenvalue weighted by Gasteiger charge is 2.37. The number of rotatable bonds is 1. The first-order valence-electron chi connectivity index (χ1n) is 4.15. The predicted molar refractivity (Wildman–Crippen MR) is 45.5 cm³/mol. The lowest BCUT2D eigenvalue weighted by molar-refractivity contribution is -0.120. The molecule has 0 amide bonds. The van der Waals surface area contributed by atoms with Gasteiger partial charge in [-0.05, 0) is 34.2 Å². The van der Waals surface area contributed by atoms with Crippen molar-refractivity contribution in [1.29, 1.82) is 0 Å². The maximum Gasteiger partial charge on any atom is 0.134 e. The van der Waals surface area contributed by atoms with Crippen LogP contribution in [0.3, 0.4) is 0 Å². The largest absolute Gasteiger partial charge is 0.301 e. The molecule has 0 aromatic rings. The molecule has 64 valence electrons. The zero-order valence-corrected chi connectivity index (χ0v) is 7.85. The number of likely N-dealkylation sites (tertiary alicyclic amines) is 1. The monoisotopic (exact) mass is 155 g/mol. The summed E-state index contributed by atoms with van der Waals surface area (Å²) in [5, 5.41) is 0. The van der Waals surface area contributed by atoms with Crippen LogP contribution in [-0.4, -0.2) is 29.8 Å². The van der Waals surface area contributed by atoms with Gasteiger partial charge in [-0.1, -0.05) is 0 Å². The van der Waals surface area contributed by atoms with Crippen molar-refractivity contribution in [3.05, 3.63) is 0 Å². The van der Waals surface area contributed by atoms with E-state index in [0.29, 0.717) is 5.78 Å². The van der Waals surface area contributed by atoms with Crippen LogP contribution < -0.4 is 0 Å². The Morgan fingerprint density at radius 1 is 1.55 bits per heavy atom. The maximum atomic E-state index is 11.1. The smallest absolute Gasteiger partial charge is 0.134 e. The number of nitrogens with zero attached hydrogens (tertiary/aromatic N) is 1. The van der Waals surface area contributed by atoms with Gasteiger partial charge >= 0.3 is 0 Å². The van der Waals surface area contributed by atoms with Crippen molar-refractivity contribution in [2.24, 2.45) is 5.92 Å². The molecule has 0 spiro atoms. The zero-order valence-electron chi connectivity index (χ0n) is 7.85. The van der Waals surface area contributed by atoms with E-state index in [1.165, 1.54) is 0 Å². The lowest BCUT2D eigenvalue weighted by Gasteiger charge is -2.26. The summed E-state index contributed by atoms with van der Waals surface area (Å²) in [5.74, 6) is 0.609. The molecule has 0 N–H and O–H groups in total. The second kappa shape index (κ2) is 2.59. The summed E-state index contributed by atoms with van der Waals surface area (Å²) in [6.07, 6.45) is 1.01. The van der Waals surface area contributed by atoms with E-state index in [1.807, 2.05) is 0 Å². The van der Waals surface area contributed by atoms with E-state index in [2.05, 4.69) is 25.8 Å². The van der Waals surface area contributed by atoms with Gasteiger partial charge in [-0.3, -0.25) is 4.79 Å². The Balaban J connectivity index is 2.64. The second-order valence-electron chi connectivity index (χ2n) is 4.20. The summed E-state index contributed by atoms with van der Waals surface area (Å²) < 4.78 is 0. The second-order valence-corrected chi connectivity index (χ2v) is 4.20. The normalized spacial score (nSPS) is 30.7. The summed E-state index contributed by atoms with van der Waals surface area (Å²) in [4.78, 5) is 13.3. The summed E-state index contributed by atoms with van der Waals surface area (Å²) in [7, 11) is 2.09. The average molecular weight is 155 g/mol. The van der Waals surface area contributed by atoms with Gasteiger partial charge in [0, 0.05) is 18.0 Å². The van der Waals surface area contributed by atoms with Crippen LogP contribution in [0, 0.1) is 5.92 Å². The number of hydrogen-bond donors (Lipinski definition) is 0. The van der Waals surface area contributed by atoms with Gasteiger partial charge in [0.1, 0.15) is 5.78 Å². The zero-order chi connectivity index (χ0) is 8.65. The molecule has 0 bridgehead atoms. The molecule has 1 fully saturated rings. The third kappa shape index (κ3) is 1.62. The number of hydrogen-bond acceptors (Lipinski definition) is 2. The highest BCUT2D eigenvalue weighted by atomic mass is 16.1. The fraction of sp³-hybridized carbons (Fsp3) is 0.889. The first kappa shape index (κ1) is 8.72. The van der Waals surface area contributed by atoms with Gasteiger partial charge in [0.15, 0.2) is 0 Å². The number of carbonyl (C=O) groups excluding carboxylic acids is 1. The summed E-state index contributed by atoms with van der Waals surface area (Å²) in [6.45, 7) is 7.01. The van der Waals surface area contributed by atoms with E-state index in [-0.39, 0.29) is 11.5 Å². The van der Waals surface area contributed by atoms with Crippen LogP contribution in [0.15, 0.2) is 0 Å². The van der Waals surface area contributed by atoms with Crippen LogP contribution >= 0.6 is 0 Å². The Hall–Kier alpha value is -0.370. The molecule has 0 aromatic carbocycles. The van der Waals surface area contributed by atoms with Crippen LogP contribution in [0.25, 0.3) is 0 Å². The summed E-state index contributed by atoms with van der Waals surface area (Å²) in [5.41, 5.74) is 0.219. The number of ketones is 1. The van der Waals surface area contributed by atoms with Crippen LogP contribution in [-0.2, 0) is 4.79 Å². The summed E-state index contributed by atoms with van der Waals surface area (Å²) >= 11 is 0. The van der Waals surface area contributed by atoms with Gasteiger partial charge in [0.25, 0.3) is 0 Å². The molecule has 0 saturated carbocycles. The Bertz CT molecular complexity index is 174. The van der Waals surface area contributed by atoms with Gasteiger partial charge in [0.05, 0.1) is 0 Å². The van der Waals surface area contributed by atoms with Gasteiger partial charge < -0.3 is 4.90 Å². The lowest BCUT2D eigenvalue weighted by Crippen LogP contribution is -2.34. The van der Waals surface area contributed by atoms with Crippen molar-refractivity contribution < 1.29 is 4.79 Å². The molecule has 11 heavy (non-hydrogen) atoms. The van der Waals surface area contributed by atoms with E-state index in [4.69, 9.17) is 0 Å². The topological polar surface area (TPSA) is 20.3 Å². The quantitative estimate of drug-likeness (QED) is 0.569. The fourth-order valence-electron chi connectivity index (χ4n) is 1.67. The lowest BCUT2D eigenvalue weighted by atomic mass is 9.94. The maximum absolute atomic E-state index is 11.1. The van der Waals surface area contributed by atoms with E-state index in [1.54, 1.807) is 6.92 Å². The van der Waals surface area contributed by atoms with E-state index >= 15 is 0 Å². The Labute approximate surface area is 68.6 Å². The van der Waals surface area contributed by atoms with E-state index < -0.39 is 0 Å². The number of Topliss-reactive ketones (excluding diaryl/α,β-unsaturated/α-hetero) is 1. The molecule has 1 unspecified atom stereocenters. The molecular weight excluding hydrogens is 138 g/mol. The molecule has 1 aliphatic rings. The Morgan fingerprint density at radius 3 is 2.27 bits per heavy atom. The molecule has 0 radical (unpaired) electrons. The molecule has 1 heterocycles. The third-order valence-corrected chi connectivity index (χ3v) is 2.85. The van der Waals surface area contributed by atoms with E-state index in [9.17, 15) is 4.79 Å². The van der Waals surface area contributed by atoms with Gasteiger partial charge in [-0.25, -0.2) is 0 Å². The van der Waals surface area contributed by atoms with Crippen LogP contribution in [0.1, 0.15) is 27.2 Å². The molecule has 1 saturated heterocycles. The highest BCUT2D eigenvalue weighted by Crippen LogP contribution is 2.31. The standard InChI is InChI=1S/C9H17NO/c1-7(11)8-5-9(2,3)10(4)6-8/h8H,5-6H2,1-4H3. The van der Waals surface area contributed by atoms with Crippen LogP contribution in [0.4, 0.5) is 0 Å². The van der Waals surface area contributed by atoms with Crippen molar-refractivity contribution in [1.82, 2.24) is 4.90 Å². The fourth-order valence-corrected chi connectivity index (χ4v) is 1.67. The minimum atomic E-state index is 0.219. The van der Waals surface area contributed by atoms with Crippen molar-refractivity contribution in [2.75, 3.05) is 13.6 Å². The first-order chi connectivity index (χ1) is 4.93. The Kier molecular flexibility index (Phi) is 2.06. The molecule has 0 aliphatic carbocycles. The van der Waals surface area contributed by atoms with Crippen LogP contribution in [0.5, 0.6) is 0 Å². The third-order valence-electron chi connectivity index (χ3n) is 2.85. The van der Waals surface area contributed by atoms with Gasteiger partial charge in [-0.2, -0.15) is 0 Å². The summed E-state index contributed by atoms with van der Waals surface area (Å²) in [6, 6.07) is 0. The van der Waals surface area contributed by atoms with Gasteiger partial charge in [0.2, 0.25) is 0 Å². The molecular formula is C9H17NO. The van der Waals surface area contributed by atoms with Crippen molar-refractivity contribution >= 4 is 5.78 Å². The average Bonchev–Trinajstić information content (AvgIpc) is 2.08. The van der Waals surface area contributed by atoms with Gasteiger partial charge in [-0.15, -0.1) is 0 Å². The molecule has 1 atom stereocenters. The van der Waals surface area contributed by atoms with Crippen molar-refractivity contribution in [3.8, 4) is 0 Å². The molecule has 1 aliphatic heterocycles. The SMILES string of the molecule is CC(=O)C1CN(C)C(C)(C)C1. The molecule has 2 nitrogen and oxygen atoms in total. The molecule has 1 rings (SSSR count). The molecule has 2 heteroatoms. The predicted octanol–water partition coefficient (Wildman–Crippen LogP) is 1.31.